The van der Waals surface area contributed by atoms with Crippen LogP contribution in [-0.2, 0) is 9.59 Å². The number of rotatable bonds is 7. The first-order chi connectivity index (χ1) is 9.93. The van der Waals surface area contributed by atoms with Gasteiger partial charge in [0.15, 0.2) is 0 Å². The maximum absolute atomic E-state index is 12.0. The molecule has 2 atom stereocenters. The zero-order valence-electron chi connectivity index (χ0n) is 12.7. The molecule has 0 aromatic heterocycles. The molecule has 1 aromatic carbocycles. The maximum Gasteiger partial charge on any atom is 0.237 e. The third kappa shape index (κ3) is 6.18. The summed E-state index contributed by atoms with van der Waals surface area (Å²) >= 11 is 1.67. The Bertz CT molecular complexity index is 494. The predicted octanol–water partition coefficient (Wildman–Crippen LogP) is 1.90. The number of carbonyl (C=O) groups excluding carboxylic acids is 2. The summed E-state index contributed by atoms with van der Waals surface area (Å²) in [7, 11) is 0. The topological polar surface area (TPSA) is 84.2 Å². The summed E-state index contributed by atoms with van der Waals surface area (Å²) in [5, 5.41) is 5.62. The quantitative estimate of drug-likeness (QED) is 0.718. The Hall–Kier alpha value is -1.53. The molecule has 0 radical (unpaired) electrons. The second kappa shape index (κ2) is 8.69. The van der Waals surface area contributed by atoms with Crippen LogP contribution < -0.4 is 16.4 Å². The van der Waals surface area contributed by atoms with Crippen LogP contribution in [0.15, 0.2) is 24.3 Å². The largest absolute Gasteiger partial charge is 0.348 e. The summed E-state index contributed by atoms with van der Waals surface area (Å²) in [6.45, 7) is 3.36. The Balaban J connectivity index is 2.64. The van der Waals surface area contributed by atoms with Gasteiger partial charge in [-0.25, -0.2) is 0 Å². The van der Waals surface area contributed by atoms with Gasteiger partial charge >= 0.3 is 0 Å². The van der Waals surface area contributed by atoms with Crippen molar-refractivity contribution in [2.24, 2.45) is 5.73 Å². The van der Waals surface area contributed by atoms with Crippen LogP contribution in [-0.4, -0.2) is 29.9 Å². The van der Waals surface area contributed by atoms with E-state index in [1.165, 1.54) is 6.92 Å². The Morgan fingerprint density at radius 1 is 1.38 bits per heavy atom. The number of carbonyl (C=O) groups is 2. The number of anilines is 1. The Morgan fingerprint density at radius 2 is 2.10 bits per heavy atom. The second-order valence-electron chi connectivity index (χ2n) is 4.92. The fourth-order valence-corrected chi connectivity index (χ4v) is 2.36. The molecule has 0 aliphatic rings. The fraction of sp³-hybridized carbons (Fsp3) is 0.467. The minimum absolute atomic E-state index is 0.122. The molecule has 1 rings (SSSR count). The summed E-state index contributed by atoms with van der Waals surface area (Å²) in [5.74, 6) is 0.588. The molecule has 116 valence electrons. The van der Waals surface area contributed by atoms with Gasteiger partial charge in [-0.2, -0.15) is 11.8 Å². The molecule has 1 aromatic rings. The molecular formula is C15H23N3O2S. The normalized spacial score (nSPS) is 13.3. The van der Waals surface area contributed by atoms with E-state index in [1.807, 2.05) is 37.4 Å². The average molecular weight is 309 g/mol. The van der Waals surface area contributed by atoms with Crippen molar-refractivity contribution >= 4 is 29.3 Å². The molecule has 21 heavy (non-hydrogen) atoms. The first kappa shape index (κ1) is 17.5. The van der Waals surface area contributed by atoms with Gasteiger partial charge in [-0.05, 0) is 43.0 Å². The van der Waals surface area contributed by atoms with Crippen molar-refractivity contribution in [3.05, 3.63) is 29.8 Å². The van der Waals surface area contributed by atoms with Gasteiger partial charge in [0.05, 0.1) is 12.1 Å². The molecule has 0 spiro atoms. The number of nitrogens with two attached hydrogens (primary N) is 1. The van der Waals surface area contributed by atoms with Crippen LogP contribution >= 0.6 is 11.8 Å². The lowest BCUT2D eigenvalue weighted by molar-refractivity contribution is -0.123. The van der Waals surface area contributed by atoms with Gasteiger partial charge in [0.25, 0.3) is 0 Å². The van der Waals surface area contributed by atoms with Gasteiger partial charge < -0.3 is 16.4 Å². The van der Waals surface area contributed by atoms with Crippen molar-refractivity contribution in [1.82, 2.24) is 5.32 Å². The number of hydrogen-bond acceptors (Lipinski definition) is 4. The molecular weight excluding hydrogens is 286 g/mol. The molecule has 0 aliphatic carbocycles. The van der Waals surface area contributed by atoms with Crippen LogP contribution in [0.3, 0.4) is 0 Å². The Kier molecular flexibility index (Phi) is 7.25. The highest BCUT2D eigenvalue weighted by atomic mass is 32.2. The highest BCUT2D eigenvalue weighted by Gasteiger charge is 2.16. The van der Waals surface area contributed by atoms with Gasteiger partial charge in [0, 0.05) is 12.6 Å². The number of hydrogen-bond donors (Lipinski definition) is 3. The van der Waals surface area contributed by atoms with Crippen LogP contribution in [0.5, 0.6) is 0 Å². The molecule has 4 N–H and O–H groups in total. The van der Waals surface area contributed by atoms with Crippen molar-refractivity contribution in [2.75, 3.05) is 17.3 Å². The smallest absolute Gasteiger partial charge is 0.237 e. The van der Waals surface area contributed by atoms with E-state index in [-0.39, 0.29) is 17.9 Å². The lowest BCUT2D eigenvalue weighted by Gasteiger charge is -2.18. The zero-order chi connectivity index (χ0) is 15.8. The molecule has 1 unspecified atom stereocenters. The van der Waals surface area contributed by atoms with E-state index in [1.54, 1.807) is 11.8 Å². The van der Waals surface area contributed by atoms with E-state index in [4.69, 9.17) is 5.73 Å². The number of benzene rings is 1. The van der Waals surface area contributed by atoms with Crippen LogP contribution in [0.1, 0.15) is 31.9 Å². The molecule has 0 saturated heterocycles. The van der Waals surface area contributed by atoms with Gasteiger partial charge in [-0.1, -0.05) is 12.1 Å². The standard InChI is InChI=1S/C15H23N3O2S/c1-10(17-15(20)14(16)7-8-21-3)12-5-4-6-13(9-12)18-11(2)19/h4-6,9-10,14H,7-8,16H2,1-3H3,(H,17,20)(H,18,19)/t10?,14-/m0/s1. The molecule has 2 amide bonds. The first-order valence-corrected chi connectivity index (χ1v) is 8.26. The van der Waals surface area contributed by atoms with Gasteiger partial charge in [-0.3, -0.25) is 9.59 Å². The molecule has 5 nitrogen and oxygen atoms in total. The minimum Gasteiger partial charge on any atom is -0.348 e. The van der Waals surface area contributed by atoms with E-state index in [2.05, 4.69) is 10.6 Å². The average Bonchev–Trinajstić information content (AvgIpc) is 2.44. The predicted molar refractivity (Wildman–Crippen MR) is 88.3 cm³/mol. The highest BCUT2D eigenvalue weighted by molar-refractivity contribution is 7.98. The Labute approximate surface area is 130 Å². The Morgan fingerprint density at radius 3 is 2.71 bits per heavy atom. The van der Waals surface area contributed by atoms with Crippen molar-refractivity contribution in [1.29, 1.82) is 0 Å². The maximum atomic E-state index is 12.0. The van der Waals surface area contributed by atoms with Crippen LogP contribution in [0.4, 0.5) is 5.69 Å². The van der Waals surface area contributed by atoms with Crippen LogP contribution in [0, 0.1) is 0 Å². The van der Waals surface area contributed by atoms with E-state index < -0.39 is 6.04 Å². The highest BCUT2D eigenvalue weighted by Crippen LogP contribution is 2.17. The molecule has 0 aliphatic heterocycles. The van der Waals surface area contributed by atoms with Crippen molar-refractivity contribution in [3.8, 4) is 0 Å². The third-order valence-corrected chi connectivity index (χ3v) is 3.68. The first-order valence-electron chi connectivity index (χ1n) is 6.86. The van der Waals surface area contributed by atoms with E-state index in [0.29, 0.717) is 12.1 Å². The minimum atomic E-state index is -0.488. The SMILES string of the molecule is CSCC[C@H](N)C(=O)NC(C)c1cccc(NC(C)=O)c1. The van der Waals surface area contributed by atoms with Crippen LogP contribution in [0.25, 0.3) is 0 Å². The molecule has 0 heterocycles. The molecule has 6 heteroatoms. The van der Waals surface area contributed by atoms with Gasteiger partial charge in [0.2, 0.25) is 11.8 Å². The summed E-state index contributed by atoms with van der Waals surface area (Å²) in [4.78, 5) is 23.0. The summed E-state index contributed by atoms with van der Waals surface area (Å²) in [5.41, 5.74) is 7.48. The summed E-state index contributed by atoms with van der Waals surface area (Å²) < 4.78 is 0. The van der Waals surface area contributed by atoms with Crippen molar-refractivity contribution < 1.29 is 9.59 Å². The van der Waals surface area contributed by atoms with E-state index >= 15 is 0 Å². The molecule has 0 bridgehead atoms. The van der Waals surface area contributed by atoms with E-state index in [9.17, 15) is 9.59 Å². The fourth-order valence-electron chi connectivity index (χ4n) is 1.87. The zero-order valence-corrected chi connectivity index (χ0v) is 13.5. The van der Waals surface area contributed by atoms with Crippen molar-refractivity contribution in [3.63, 3.8) is 0 Å². The summed E-state index contributed by atoms with van der Waals surface area (Å²) in [6, 6.07) is 6.76. The molecule has 0 saturated carbocycles. The number of amides is 2. The summed E-state index contributed by atoms with van der Waals surface area (Å²) in [6.07, 6.45) is 2.65. The monoisotopic (exact) mass is 309 g/mol. The molecule has 0 fully saturated rings. The second-order valence-corrected chi connectivity index (χ2v) is 5.91. The third-order valence-electron chi connectivity index (χ3n) is 3.04. The van der Waals surface area contributed by atoms with Gasteiger partial charge in [0.1, 0.15) is 0 Å². The lowest BCUT2D eigenvalue weighted by Crippen LogP contribution is -2.41. The number of thioether (sulfide) groups is 1. The van der Waals surface area contributed by atoms with E-state index in [0.717, 1.165) is 11.3 Å². The number of nitrogens with one attached hydrogen (secondary N) is 2. The lowest BCUT2D eigenvalue weighted by atomic mass is 10.1. The van der Waals surface area contributed by atoms with Crippen LogP contribution in [0.2, 0.25) is 0 Å². The van der Waals surface area contributed by atoms with Gasteiger partial charge in [-0.15, -0.1) is 0 Å². The van der Waals surface area contributed by atoms with Crippen molar-refractivity contribution in [2.45, 2.75) is 32.4 Å².